The van der Waals surface area contributed by atoms with Gasteiger partial charge < -0.3 is 9.41 Å². The average Bonchev–Trinajstić information content (AvgIpc) is 2.85. The second kappa shape index (κ2) is 5.74. The number of fused-ring (bicyclic) bond motifs is 1. The van der Waals surface area contributed by atoms with E-state index in [0.717, 1.165) is 24.3 Å². The van der Waals surface area contributed by atoms with Crippen molar-refractivity contribution in [2.24, 2.45) is 0 Å². The van der Waals surface area contributed by atoms with Gasteiger partial charge in [-0.3, -0.25) is 0 Å². The molecule has 20 heavy (non-hydrogen) atoms. The van der Waals surface area contributed by atoms with E-state index < -0.39 is 8.48 Å². The Hall–Kier alpha value is -1.06. The van der Waals surface area contributed by atoms with Crippen LogP contribution in [0.25, 0.3) is 6.08 Å². The Balaban J connectivity index is 2.29. The molecule has 0 aliphatic heterocycles. The van der Waals surface area contributed by atoms with Gasteiger partial charge in [-0.2, -0.15) is 0 Å². The summed E-state index contributed by atoms with van der Waals surface area (Å²) in [5.41, 5.74) is 2.75. The van der Waals surface area contributed by atoms with Gasteiger partial charge in [0.2, 0.25) is 0 Å². The van der Waals surface area contributed by atoms with Gasteiger partial charge in [0, 0.05) is 11.1 Å². The number of nitrogens with one attached hydrogen (secondary N) is 1. The van der Waals surface area contributed by atoms with E-state index >= 15 is 0 Å². The first kappa shape index (κ1) is 15.3. The lowest BCUT2D eigenvalue weighted by molar-refractivity contribution is 0.432. The predicted molar refractivity (Wildman–Crippen MR) is 89.4 cm³/mol. The lowest BCUT2D eigenvalue weighted by Crippen LogP contribution is -2.61. The summed E-state index contributed by atoms with van der Waals surface area (Å²) in [6.45, 7) is 11.1. The molecule has 0 atom stereocenters. The summed E-state index contributed by atoms with van der Waals surface area (Å²) in [6.07, 6.45) is 5.45. The molecule has 0 heterocycles. The van der Waals surface area contributed by atoms with E-state index in [4.69, 9.17) is 4.43 Å². The molecule has 0 saturated heterocycles. The van der Waals surface area contributed by atoms with Gasteiger partial charge in [0.05, 0.1) is 0 Å². The maximum Gasteiger partial charge on any atom is 0.328 e. The van der Waals surface area contributed by atoms with Gasteiger partial charge in [-0.15, -0.1) is 0 Å². The zero-order chi connectivity index (χ0) is 14.8. The first-order valence-electron chi connectivity index (χ1n) is 7.66. The van der Waals surface area contributed by atoms with Crippen molar-refractivity contribution < 1.29 is 4.43 Å². The molecule has 1 aliphatic rings. The highest BCUT2D eigenvalue weighted by Gasteiger charge is 2.37. The standard InChI is InChI=1S/C17H27NOSi/c1-6-20(7-2,18-17(3,4)5)19-16-13-9-11-14-10-8-12-15(14)16/h8-9,11-13,18H,6-7,10H2,1-5H3. The number of allylic oxidation sites excluding steroid dienone is 1. The highest BCUT2D eigenvalue weighted by molar-refractivity contribution is 6.72. The molecule has 110 valence electrons. The number of hydrogen-bond acceptors (Lipinski definition) is 2. The van der Waals surface area contributed by atoms with Crippen LogP contribution in [0.4, 0.5) is 0 Å². The van der Waals surface area contributed by atoms with E-state index in [2.05, 4.69) is 70.0 Å². The minimum Gasteiger partial charge on any atom is -0.529 e. The molecule has 0 amide bonds. The van der Waals surface area contributed by atoms with Crippen LogP contribution in [0.2, 0.25) is 12.1 Å². The van der Waals surface area contributed by atoms with Crippen LogP contribution in [0.15, 0.2) is 24.3 Å². The van der Waals surface area contributed by atoms with Gasteiger partial charge in [-0.05, 0) is 50.9 Å². The zero-order valence-electron chi connectivity index (χ0n) is 13.4. The van der Waals surface area contributed by atoms with Crippen LogP contribution in [0.5, 0.6) is 5.75 Å². The maximum atomic E-state index is 6.60. The minimum atomic E-state index is -1.95. The Bertz CT molecular complexity index is 498. The number of rotatable bonds is 5. The van der Waals surface area contributed by atoms with Gasteiger partial charge in [-0.1, -0.05) is 38.1 Å². The average molecular weight is 289 g/mol. The molecule has 1 aromatic rings. The SMILES string of the molecule is CC[Si](CC)(NC(C)(C)C)Oc1cccc2c1C=CC2. The van der Waals surface area contributed by atoms with E-state index in [1.54, 1.807) is 0 Å². The van der Waals surface area contributed by atoms with Crippen molar-refractivity contribution in [3.05, 3.63) is 35.4 Å². The van der Waals surface area contributed by atoms with Crippen molar-refractivity contribution in [1.82, 2.24) is 4.98 Å². The molecule has 0 saturated carbocycles. The molecule has 0 unspecified atom stereocenters. The number of hydrogen-bond donors (Lipinski definition) is 1. The molecule has 0 aromatic heterocycles. The predicted octanol–water partition coefficient (Wildman–Crippen LogP) is 4.50. The Labute approximate surface area is 124 Å². The topological polar surface area (TPSA) is 21.3 Å². The van der Waals surface area contributed by atoms with E-state index in [9.17, 15) is 0 Å². The summed E-state index contributed by atoms with van der Waals surface area (Å²) < 4.78 is 6.60. The third-order valence-corrected chi connectivity index (χ3v) is 7.93. The highest BCUT2D eigenvalue weighted by Crippen LogP contribution is 2.32. The van der Waals surface area contributed by atoms with E-state index in [-0.39, 0.29) is 5.54 Å². The second-order valence-corrected chi connectivity index (χ2v) is 10.5. The van der Waals surface area contributed by atoms with Gasteiger partial charge in [0.25, 0.3) is 0 Å². The van der Waals surface area contributed by atoms with Crippen molar-refractivity contribution in [2.75, 3.05) is 0 Å². The molecular formula is C17H27NOSi. The molecule has 0 radical (unpaired) electrons. The molecular weight excluding hydrogens is 262 g/mol. The van der Waals surface area contributed by atoms with Gasteiger partial charge in [-0.25, -0.2) is 0 Å². The largest absolute Gasteiger partial charge is 0.529 e. The zero-order valence-corrected chi connectivity index (χ0v) is 14.4. The summed E-state index contributed by atoms with van der Waals surface area (Å²) in [4.78, 5) is 3.80. The number of benzene rings is 1. The molecule has 1 N–H and O–H groups in total. The van der Waals surface area contributed by atoms with Crippen LogP contribution >= 0.6 is 0 Å². The lowest BCUT2D eigenvalue weighted by atomic mass is 10.1. The third-order valence-electron chi connectivity index (χ3n) is 3.83. The van der Waals surface area contributed by atoms with Crippen molar-refractivity contribution in [3.8, 4) is 5.75 Å². The molecule has 2 nitrogen and oxygen atoms in total. The molecule has 1 aliphatic carbocycles. The summed E-state index contributed by atoms with van der Waals surface area (Å²) in [6, 6.07) is 8.58. The van der Waals surface area contributed by atoms with Gasteiger partial charge >= 0.3 is 8.48 Å². The first-order valence-corrected chi connectivity index (χ1v) is 9.98. The van der Waals surface area contributed by atoms with Crippen LogP contribution in [-0.2, 0) is 6.42 Å². The molecule has 3 heteroatoms. The van der Waals surface area contributed by atoms with Crippen molar-refractivity contribution in [3.63, 3.8) is 0 Å². The van der Waals surface area contributed by atoms with Gasteiger partial charge in [0.15, 0.2) is 0 Å². The van der Waals surface area contributed by atoms with Crippen LogP contribution in [0.3, 0.4) is 0 Å². The molecule has 2 rings (SSSR count). The maximum absolute atomic E-state index is 6.60. The van der Waals surface area contributed by atoms with E-state index in [1.807, 2.05) is 0 Å². The van der Waals surface area contributed by atoms with Gasteiger partial charge in [0.1, 0.15) is 5.75 Å². The third kappa shape index (κ3) is 3.33. The smallest absolute Gasteiger partial charge is 0.328 e. The Morgan fingerprint density at radius 3 is 2.50 bits per heavy atom. The fraction of sp³-hybridized carbons (Fsp3) is 0.529. The quantitative estimate of drug-likeness (QED) is 0.806. The molecule has 0 spiro atoms. The van der Waals surface area contributed by atoms with Crippen LogP contribution < -0.4 is 9.41 Å². The summed E-state index contributed by atoms with van der Waals surface area (Å²) in [5, 5.41) is 0. The molecule has 0 bridgehead atoms. The monoisotopic (exact) mass is 289 g/mol. The first-order chi connectivity index (χ1) is 9.39. The van der Waals surface area contributed by atoms with Crippen LogP contribution in [0.1, 0.15) is 45.7 Å². The lowest BCUT2D eigenvalue weighted by Gasteiger charge is -2.37. The van der Waals surface area contributed by atoms with Crippen LogP contribution in [-0.4, -0.2) is 14.0 Å². The summed E-state index contributed by atoms with van der Waals surface area (Å²) in [7, 11) is -1.95. The highest BCUT2D eigenvalue weighted by atomic mass is 28.4. The molecule has 1 aromatic carbocycles. The molecule has 0 fully saturated rings. The Morgan fingerprint density at radius 2 is 1.90 bits per heavy atom. The fourth-order valence-corrected chi connectivity index (χ4v) is 6.00. The second-order valence-electron chi connectivity index (χ2n) is 6.61. The van der Waals surface area contributed by atoms with Crippen molar-refractivity contribution in [2.45, 2.75) is 58.7 Å². The van der Waals surface area contributed by atoms with Crippen LogP contribution in [0, 0.1) is 0 Å². The van der Waals surface area contributed by atoms with E-state index in [0.29, 0.717) is 0 Å². The normalized spacial score (nSPS) is 14.4. The van der Waals surface area contributed by atoms with Crippen molar-refractivity contribution in [1.29, 1.82) is 0 Å². The Morgan fingerprint density at radius 1 is 1.20 bits per heavy atom. The summed E-state index contributed by atoms with van der Waals surface area (Å²) in [5.74, 6) is 1.06. The minimum absolute atomic E-state index is 0.0893. The Kier molecular flexibility index (Phi) is 4.40. The van der Waals surface area contributed by atoms with Crippen molar-refractivity contribution >= 4 is 14.6 Å². The van der Waals surface area contributed by atoms with E-state index in [1.165, 1.54) is 11.1 Å². The fourth-order valence-electron chi connectivity index (χ4n) is 2.84. The summed E-state index contributed by atoms with van der Waals surface area (Å²) >= 11 is 0.